The van der Waals surface area contributed by atoms with Gasteiger partial charge < -0.3 is 10.0 Å². The zero-order chi connectivity index (χ0) is 14.2. The molecule has 4 rings (SSSR count). The average molecular weight is 276 g/mol. The van der Waals surface area contributed by atoms with Crippen molar-refractivity contribution in [2.75, 3.05) is 13.1 Å². The number of nitrogens with zero attached hydrogens (tertiary/aromatic N) is 2. The second kappa shape index (κ2) is 4.77. The number of hydrogen-bond acceptors (Lipinski definition) is 3. The normalized spacial score (nSPS) is 16.7. The van der Waals surface area contributed by atoms with Crippen molar-refractivity contribution in [3.05, 3.63) is 65.2 Å². The van der Waals surface area contributed by atoms with Crippen LogP contribution in [0, 0.1) is 0 Å². The van der Waals surface area contributed by atoms with Gasteiger partial charge in [-0.15, -0.1) is 0 Å². The first-order chi connectivity index (χ1) is 10.3. The highest BCUT2D eigenvalue weighted by Crippen LogP contribution is 2.36. The van der Waals surface area contributed by atoms with Gasteiger partial charge >= 0.3 is 0 Å². The zero-order valence-electron chi connectivity index (χ0n) is 11.7. The van der Waals surface area contributed by atoms with E-state index in [9.17, 15) is 5.11 Å². The maximum atomic E-state index is 10.2. The molecule has 0 fully saturated rings. The van der Waals surface area contributed by atoms with Gasteiger partial charge in [-0.3, -0.25) is 4.99 Å². The Labute approximate surface area is 123 Å². The fraction of sp³-hybridized carbons (Fsp3) is 0.167. The quantitative estimate of drug-likeness (QED) is 0.867. The minimum atomic E-state index is 0.313. The van der Waals surface area contributed by atoms with E-state index in [1.165, 1.54) is 5.56 Å². The Morgan fingerprint density at radius 2 is 1.71 bits per heavy atom. The lowest BCUT2D eigenvalue weighted by Crippen LogP contribution is -2.37. The molecule has 0 saturated heterocycles. The Hall–Kier alpha value is -2.55. The highest BCUT2D eigenvalue weighted by atomic mass is 16.3. The molecular weight excluding hydrogens is 260 g/mol. The summed E-state index contributed by atoms with van der Waals surface area (Å²) in [4.78, 5) is 6.94. The summed E-state index contributed by atoms with van der Waals surface area (Å²) in [6, 6.07) is 15.8. The molecule has 2 aromatic carbocycles. The van der Waals surface area contributed by atoms with E-state index in [1.807, 2.05) is 30.3 Å². The van der Waals surface area contributed by atoms with Crippen molar-refractivity contribution in [1.29, 1.82) is 0 Å². The second-order valence-corrected chi connectivity index (χ2v) is 5.34. The summed E-state index contributed by atoms with van der Waals surface area (Å²) in [5.41, 5.74) is 4.23. The van der Waals surface area contributed by atoms with Crippen molar-refractivity contribution in [1.82, 2.24) is 4.90 Å². The maximum Gasteiger partial charge on any atom is 0.136 e. The van der Waals surface area contributed by atoms with Gasteiger partial charge in [-0.05, 0) is 30.2 Å². The molecule has 2 aliphatic rings. The van der Waals surface area contributed by atoms with Gasteiger partial charge in [-0.2, -0.15) is 0 Å². The largest absolute Gasteiger partial charge is 0.507 e. The third kappa shape index (κ3) is 1.93. The Morgan fingerprint density at radius 3 is 2.57 bits per heavy atom. The summed E-state index contributed by atoms with van der Waals surface area (Å²) in [5.74, 6) is 1.34. The Kier molecular flexibility index (Phi) is 2.78. The number of phenolic OH excluding ortho intramolecular Hbond substituents is 1. The molecule has 2 aromatic rings. The van der Waals surface area contributed by atoms with Gasteiger partial charge in [-0.25, -0.2) is 0 Å². The number of aromatic hydroxyl groups is 1. The first-order valence-corrected chi connectivity index (χ1v) is 7.26. The van der Waals surface area contributed by atoms with Gasteiger partial charge in [0.05, 0.1) is 5.70 Å². The summed E-state index contributed by atoms with van der Waals surface area (Å²) >= 11 is 0. The number of phenols is 1. The van der Waals surface area contributed by atoms with Crippen molar-refractivity contribution < 1.29 is 5.11 Å². The Balaban J connectivity index is 1.95. The number of aliphatic imine (C=N–C) groups is 1. The first-order valence-electron chi connectivity index (χ1n) is 7.26. The highest BCUT2D eigenvalue weighted by Gasteiger charge is 2.27. The third-order valence-corrected chi connectivity index (χ3v) is 4.02. The van der Waals surface area contributed by atoms with E-state index in [4.69, 9.17) is 4.99 Å². The predicted octanol–water partition coefficient (Wildman–Crippen LogP) is 3.36. The van der Waals surface area contributed by atoms with Crippen LogP contribution in [0.4, 0.5) is 0 Å². The molecule has 2 heterocycles. The molecule has 0 bridgehead atoms. The molecule has 0 atom stereocenters. The van der Waals surface area contributed by atoms with E-state index in [1.54, 1.807) is 6.07 Å². The first kappa shape index (κ1) is 12.2. The number of rotatable bonds is 1. The molecule has 0 aromatic heterocycles. The summed E-state index contributed by atoms with van der Waals surface area (Å²) < 4.78 is 0. The minimum absolute atomic E-state index is 0.313. The average Bonchev–Trinajstić information content (AvgIpc) is 2.55. The monoisotopic (exact) mass is 276 g/mol. The molecular formula is C18H16N2O. The van der Waals surface area contributed by atoms with Crippen LogP contribution in [0.2, 0.25) is 0 Å². The van der Waals surface area contributed by atoms with E-state index in [0.717, 1.165) is 42.2 Å². The maximum absolute atomic E-state index is 10.2. The van der Waals surface area contributed by atoms with Crippen molar-refractivity contribution in [2.24, 2.45) is 4.99 Å². The lowest BCUT2D eigenvalue weighted by Gasteiger charge is -2.35. The second-order valence-electron chi connectivity index (χ2n) is 5.34. The summed E-state index contributed by atoms with van der Waals surface area (Å²) in [7, 11) is 0. The van der Waals surface area contributed by atoms with Crippen molar-refractivity contribution in [3.8, 4) is 5.75 Å². The summed E-state index contributed by atoms with van der Waals surface area (Å²) in [5, 5.41) is 10.2. The van der Waals surface area contributed by atoms with Gasteiger partial charge in [0.25, 0.3) is 0 Å². The van der Waals surface area contributed by atoms with Crippen LogP contribution in [0.1, 0.15) is 23.1 Å². The third-order valence-electron chi connectivity index (χ3n) is 4.02. The van der Waals surface area contributed by atoms with Crippen molar-refractivity contribution in [2.45, 2.75) is 6.42 Å². The van der Waals surface area contributed by atoms with Gasteiger partial charge in [0.2, 0.25) is 0 Å². The van der Waals surface area contributed by atoms with Gasteiger partial charge in [-0.1, -0.05) is 36.4 Å². The number of benzene rings is 2. The fourth-order valence-corrected chi connectivity index (χ4v) is 3.04. The smallest absolute Gasteiger partial charge is 0.136 e. The van der Waals surface area contributed by atoms with Crippen LogP contribution >= 0.6 is 0 Å². The van der Waals surface area contributed by atoms with E-state index < -0.39 is 0 Å². The van der Waals surface area contributed by atoms with Crippen molar-refractivity contribution >= 4 is 17.6 Å². The topological polar surface area (TPSA) is 35.8 Å². The molecule has 21 heavy (non-hydrogen) atoms. The Morgan fingerprint density at radius 1 is 0.952 bits per heavy atom. The highest BCUT2D eigenvalue weighted by molar-refractivity contribution is 6.12. The molecule has 0 amide bonds. The van der Waals surface area contributed by atoms with E-state index in [0.29, 0.717) is 5.75 Å². The van der Waals surface area contributed by atoms with Crippen LogP contribution in [-0.4, -0.2) is 28.9 Å². The minimum Gasteiger partial charge on any atom is -0.507 e. The summed E-state index contributed by atoms with van der Waals surface area (Å²) in [6.07, 6.45) is 3.19. The molecule has 0 aliphatic carbocycles. The molecule has 1 N–H and O–H groups in total. The van der Waals surface area contributed by atoms with Crippen LogP contribution < -0.4 is 0 Å². The van der Waals surface area contributed by atoms with Crippen LogP contribution in [0.5, 0.6) is 5.75 Å². The number of fused-ring (bicyclic) bond motifs is 3. The molecule has 104 valence electrons. The van der Waals surface area contributed by atoms with Gasteiger partial charge in [0.1, 0.15) is 11.6 Å². The zero-order valence-corrected chi connectivity index (χ0v) is 11.7. The molecule has 3 nitrogen and oxygen atoms in total. The fourth-order valence-electron chi connectivity index (χ4n) is 3.04. The van der Waals surface area contributed by atoms with Gasteiger partial charge in [0.15, 0.2) is 0 Å². The molecule has 0 spiro atoms. The number of amidine groups is 1. The van der Waals surface area contributed by atoms with Gasteiger partial charge in [0, 0.05) is 24.2 Å². The number of hydrogen-bond donors (Lipinski definition) is 1. The summed E-state index contributed by atoms with van der Waals surface area (Å²) in [6.45, 7) is 1.81. The number of para-hydroxylation sites is 1. The molecule has 0 unspecified atom stereocenters. The molecule has 0 radical (unpaired) electrons. The molecule has 2 aliphatic heterocycles. The molecule has 0 saturated carbocycles. The van der Waals surface area contributed by atoms with Crippen LogP contribution in [-0.2, 0) is 0 Å². The standard InChI is InChI=1S/C18H16N2O/c21-17-9-4-3-8-15(17)16-12-13-6-1-2-7-14(13)18-19-10-5-11-20(16)18/h1-4,6-9,12,21H,5,10-11H2. The van der Waals surface area contributed by atoms with Crippen LogP contribution in [0.3, 0.4) is 0 Å². The van der Waals surface area contributed by atoms with Crippen LogP contribution in [0.15, 0.2) is 53.5 Å². The SMILES string of the molecule is Oc1ccccc1C1=Cc2ccccc2C2=NCCCN12. The molecule has 3 heteroatoms. The van der Waals surface area contributed by atoms with E-state index in [-0.39, 0.29) is 0 Å². The van der Waals surface area contributed by atoms with Crippen molar-refractivity contribution in [3.63, 3.8) is 0 Å². The Bertz CT molecular complexity index is 761. The lowest BCUT2D eigenvalue weighted by molar-refractivity contribution is 0.468. The van der Waals surface area contributed by atoms with E-state index in [2.05, 4.69) is 23.1 Å². The lowest BCUT2D eigenvalue weighted by atomic mass is 9.95. The predicted molar refractivity (Wildman–Crippen MR) is 85.1 cm³/mol. The van der Waals surface area contributed by atoms with Crippen LogP contribution in [0.25, 0.3) is 11.8 Å². The van der Waals surface area contributed by atoms with E-state index >= 15 is 0 Å².